The lowest BCUT2D eigenvalue weighted by Gasteiger charge is -2.35. The minimum absolute atomic E-state index is 0.138. The lowest BCUT2D eigenvalue weighted by atomic mass is 9.80. The highest BCUT2D eigenvalue weighted by Gasteiger charge is 2.31. The van der Waals surface area contributed by atoms with Gasteiger partial charge in [0.2, 0.25) is 17.7 Å². The molecule has 0 unspecified atom stereocenters. The zero-order chi connectivity index (χ0) is 31.8. The van der Waals surface area contributed by atoms with E-state index in [-0.39, 0.29) is 17.9 Å². The Kier molecular flexibility index (Phi) is 12.4. The van der Waals surface area contributed by atoms with Crippen LogP contribution in [0.4, 0.5) is 0 Å². The summed E-state index contributed by atoms with van der Waals surface area (Å²) in [4.78, 5) is 46.3. The van der Waals surface area contributed by atoms with Crippen molar-refractivity contribution in [3.8, 4) is 0 Å². The number of fused-ring (bicyclic) bond motifs is 1. The highest BCUT2D eigenvalue weighted by Crippen LogP contribution is 2.31. The maximum Gasteiger partial charge on any atom is 0.244 e. The van der Waals surface area contributed by atoms with Crippen molar-refractivity contribution in [3.63, 3.8) is 0 Å². The summed E-state index contributed by atoms with van der Waals surface area (Å²) in [6.45, 7) is 13.0. The van der Waals surface area contributed by atoms with E-state index < -0.39 is 11.9 Å². The third-order valence-electron chi connectivity index (χ3n) is 9.68. The van der Waals surface area contributed by atoms with Crippen LogP contribution in [0.15, 0.2) is 29.3 Å². The van der Waals surface area contributed by atoms with E-state index >= 15 is 0 Å². The normalized spacial score (nSPS) is 19.0. The minimum Gasteiger partial charge on any atom is -0.366 e. The first-order chi connectivity index (χ1) is 21.0. The molecular weight excluding hydrogens is 570 g/mol. The molecule has 44 heavy (non-hydrogen) atoms. The van der Waals surface area contributed by atoms with E-state index in [1.165, 1.54) is 12.0 Å². The minimum atomic E-state index is -0.730. The number of primary amides is 1. The van der Waals surface area contributed by atoms with Crippen LogP contribution in [0.2, 0.25) is 0 Å². The fourth-order valence-electron chi connectivity index (χ4n) is 6.54. The maximum atomic E-state index is 14.1. The van der Waals surface area contributed by atoms with E-state index in [9.17, 15) is 14.4 Å². The monoisotopic (exact) mass is 623 g/mol. The summed E-state index contributed by atoms with van der Waals surface area (Å²) in [6, 6.07) is 5.46. The van der Waals surface area contributed by atoms with E-state index in [1.54, 1.807) is 18.3 Å². The number of aromatic nitrogens is 1. The molecule has 242 valence electrons. The summed E-state index contributed by atoms with van der Waals surface area (Å²) in [5.74, 6) is 0.694. The van der Waals surface area contributed by atoms with Crippen LogP contribution in [0.5, 0.6) is 0 Å². The highest BCUT2D eigenvalue weighted by molar-refractivity contribution is 7.18. The number of benzene rings is 1. The Morgan fingerprint density at radius 1 is 1.07 bits per heavy atom. The fourth-order valence-corrected chi connectivity index (χ4v) is 7.60. The predicted molar refractivity (Wildman–Crippen MR) is 179 cm³/mol. The number of nitrogens with two attached hydrogens (primary N) is 1. The van der Waals surface area contributed by atoms with Crippen LogP contribution in [0.25, 0.3) is 10.2 Å². The van der Waals surface area contributed by atoms with Gasteiger partial charge in [-0.15, -0.1) is 11.3 Å². The molecule has 2 heterocycles. The number of thiazole rings is 1. The molecule has 1 aromatic heterocycles. The summed E-state index contributed by atoms with van der Waals surface area (Å²) in [7, 11) is 0. The van der Waals surface area contributed by atoms with Crippen LogP contribution < -0.4 is 16.4 Å². The second-order valence-electron chi connectivity index (χ2n) is 13.4. The third kappa shape index (κ3) is 9.36. The molecular formula is C35H53N5O3S. The fraction of sp³-hybridized carbons (Fsp3) is 0.657. The van der Waals surface area contributed by atoms with Gasteiger partial charge in [0.15, 0.2) is 0 Å². The molecule has 4 rings (SSSR count). The number of piperidine rings is 1. The van der Waals surface area contributed by atoms with Gasteiger partial charge in [-0.2, -0.15) is 0 Å². The molecule has 2 aromatic rings. The molecule has 2 fully saturated rings. The first-order valence-corrected chi connectivity index (χ1v) is 17.6. The number of likely N-dealkylation sites (tertiary alicyclic amines) is 1. The smallest absolute Gasteiger partial charge is 0.244 e. The first-order valence-electron chi connectivity index (χ1n) is 16.7. The molecule has 0 radical (unpaired) electrons. The average Bonchev–Trinajstić information content (AvgIpc) is 3.42. The summed E-state index contributed by atoms with van der Waals surface area (Å²) in [5.41, 5.74) is 9.62. The van der Waals surface area contributed by atoms with Gasteiger partial charge in [-0.1, -0.05) is 53.0 Å². The zero-order valence-electron chi connectivity index (χ0n) is 27.4. The van der Waals surface area contributed by atoms with Crippen LogP contribution in [0, 0.1) is 11.8 Å². The van der Waals surface area contributed by atoms with Crippen molar-refractivity contribution >= 4 is 39.3 Å². The number of carbonyl (C=O) groups is 3. The summed E-state index contributed by atoms with van der Waals surface area (Å²) in [5, 5.41) is 7.19. The number of nitrogens with zero attached hydrogens (tertiary/aromatic N) is 2. The Hall–Kier alpha value is -2.78. The maximum absolute atomic E-state index is 14.1. The van der Waals surface area contributed by atoms with E-state index in [0.717, 1.165) is 72.4 Å². The van der Waals surface area contributed by atoms with Gasteiger partial charge in [-0.05, 0) is 93.1 Å². The van der Waals surface area contributed by atoms with Gasteiger partial charge in [0.25, 0.3) is 0 Å². The van der Waals surface area contributed by atoms with Crippen molar-refractivity contribution in [1.82, 2.24) is 20.5 Å². The van der Waals surface area contributed by atoms with Crippen LogP contribution in [-0.2, 0) is 20.8 Å². The molecule has 1 saturated heterocycles. The second kappa shape index (κ2) is 16.0. The van der Waals surface area contributed by atoms with Gasteiger partial charge >= 0.3 is 0 Å². The molecule has 2 aliphatic rings. The lowest BCUT2D eigenvalue weighted by molar-refractivity contribution is -0.129. The molecule has 3 amide bonds. The van der Waals surface area contributed by atoms with Gasteiger partial charge in [0.05, 0.1) is 15.2 Å². The SMILES string of the molecule is CCC(=O)N[C@@H](Cc1nc2ccc(C(C)C)cc2s1)C(=O)N[C@@H](CC(CN1CCC(C)CC1)=C(C)C(N)=O)C1CCCCC1. The molecule has 9 heteroatoms. The first kappa shape index (κ1) is 34.1. The van der Waals surface area contributed by atoms with Gasteiger partial charge in [0.1, 0.15) is 6.04 Å². The molecule has 0 spiro atoms. The van der Waals surface area contributed by atoms with Gasteiger partial charge < -0.3 is 16.4 Å². The molecule has 2 atom stereocenters. The van der Waals surface area contributed by atoms with Gasteiger partial charge in [-0.25, -0.2) is 4.98 Å². The van der Waals surface area contributed by atoms with Crippen molar-refractivity contribution in [2.24, 2.45) is 17.6 Å². The third-order valence-corrected chi connectivity index (χ3v) is 10.7. The Labute approximate surface area is 267 Å². The highest BCUT2D eigenvalue weighted by atomic mass is 32.1. The van der Waals surface area contributed by atoms with Crippen molar-refractivity contribution in [3.05, 3.63) is 39.9 Å². The number of rotatable bonds is 13. The van der Waals surface area contributed by atoms with Crippen LogP contribution in [0.3, 0.4) is 0 Å². The van der Waals surface area contributed by atoms with Crippen molar-refractivity contribution in [2.45, 2.75) is 117 Å². The van der Waals surface area contributed by atoms with Crippen molar-refractivity contribution in [2.75, 3.05) is 19.6 Å². The van der Waals surface area contributed by atoms with Crippen LogP contribution in [-0.4, -0.2) is 59.3 Å². The topological polar surface area (TPSA) is 117 Å². The molecule has 1 aromatic carbocycles. The Balaban J connectivity index is 1.57. The number of hydrogen-bond acceptors (Lipinski definition) is 6. The van der Waals surface area contributed by atoms with Crippen LogP contribution >= 0.6 is 11.3 Å². The number of amides is 3. The lowest BCUT2D eigenvalue weighted by Crippen LogP contribution is -2.52. The number of hydrogen-bond donors (Lipinski definition) is 3. The number of nitrogens with one attached hydrogen (secondary N) is 2. The molecule has 4 N–H and O–H groups in total. The largest absolute Gasteiger partial charge is 0.366 e. The summed E-state index contributed by atoms with van der Waals surface area (Å²) >= 11 is 1.59. The van der Waals surface area contributed by atoms with E-state index in [4.69, 9.17) is 10.7 Å². The number of carbonyl (C=O) groups excluding carboxylic acids is 3. The standard InChI is InChI=1S/C35H53N5O3S/c1-6-32(41)37-30(20-33-38-28-13-12-26(22(2)3)19-31(28)44-33)35(43)39-29(25-10-8-7-9-11-25)18-27(24(5)34(36)42)21-40-16-14-23(4)15-17-40/h12-13,19,22-23,25,29-30H,6-11,14-18,20-21H2,1-5H3,(H2,36,42)(H,37,41)(H,39,43)/t29-,30-/m0/s1. The quantitative estimate of drug-likeness (QED) is 0.242. The van der Waals surface area contributed by atoms with Crippen LogP contribution in [0.1, 0.15) is 109 Å². The Morgan fingerprint density at radius 3 is 2.41 bits per heavy atom. The molecule has 1 aliphatic carbocycles. The van der Waals surface area contributed by atoms with Crippen molar-refractivity contribution < 1.29 is 14.4 Å². The molecule has 8 nitrogen and oxygen atoms in total. The summed E-state index contributed by atoms with van der Waals surface area (Å²) < 4.78 is 1.09. The molecule has 1 saturated carbocycles. The van der Waals surface area contributed by atoms with Crippen molar-refractivity contribution in [1.29, 1.82) is 0 Å². The van der Waals surface area contributed by atoms with Gasteiger partial charge in [-0.3, -0.25) is 19.3 Å². The summed E-state index contributed by atoms with van der Waals surface area (Å²) in [6.07, 6.45) is 9.07. The van der Waals surface area contributed by atoms with E-state index in [2.05, 4.69) is 48.4 Å². The molecule has 1 aliphatic heterocycles. The average molecular weight is 624 g/mol. The molecule has 0 bridgehead atoms. The Bertz CT molecular complexity index is 1320. The zero-order valence-corrected chi connectivity index (χ0v) is 28.2. The Morgan fingerprint density at radius 2 is 1.77 bits per heavy atom. The second-order valence-corrected chi connectivity index (χ2v) is 14.6. The van der Waals surface area contributed by atoms with E-state index in [0.29, 0.717) is 49.1 Å². The predicted octanol–water partition coefficient (Wildman–Crippen LogP) is 5.85. The van der Waals surface area contributed by atoms with E-state index in [1.807, 2.05) is 13.0 Å². The van der Waals surface area contributed by atoms with Gasteiger partial charge in [0, 0.05) is 31.0 Å².